The third-order valence-electron chi connectivity index (χ3n) is 5.59. The number of rotatable bonds is 10. The van der Waals surface area contributed by atoms with E-state index in [1.54, 1.807) is 7.11 Å². The zero-order valence-electron chi connectivity index (χ0n) is 19.4. The number of guanidine groups is 1. The molecule has 6 nitrogen and oxygen atoms in total. The Morgan fingerprint density at radius 3 is 2.84 bits per heavy atom. The Kier molecular flexibility index (Phi) is 12.4. The van der Waals surface area contributed by atoms with Gasteiger partial charge in [-0.15, -0.1) is 35.3 Å². The molecular formula is C24H37IN4O2S. The van der Waals surface area contributed by atoms with E-state index in [1.807, 2.05) is 29.5 Å². The van der Waals surface area contributed by atoms with Gasteiger partial charge in [-0.25, -0.2) is 4.99 Å². The van der Waals surface area contributed by atoms with E-state index in [1.165, 1.54) is 17.7 Å². The van der Waals surface area contributed by atoms with Crippen LogP contribution in [0.2, 0.25) is 0 Å². The smallest absolute Gasteiger partial charge is 0.191 e. The molecule has 0 amide bonds. The summed E-state index contributed by atoms with van der Waals surface area (Å²) in [5.74, 6) is 2.29. The maximum Gasteiger partial charge on any atom is 0.191 e. The fourth-order valence-corrected chi connectivity index (χ4v) is 5.08. The van der Waals surface area contributed by atoms with Crippen molar-refractivity contribution in [3.05, 3.63) is 52.2 Å². The lowest BCUT2D eigenvalue weighted by molar-refractivity contribution is 0.125. The number of hydrogen-bond donors (Lipinski definition) is 2. The second-order valence-electron chi connectivity index (χ2n) is 7.91. The van der Waals surface area contributed by atoms with E-state index < -0.39 is 0 Å². The van der Waals surface area contributed by atoms with Gasteiger partial charge in [0.2, 0.25) is 0 Å². The van der Waals surface area contributed by atoms with Crippen LogP contribution in [-0.4, -0.2) is 57.9 Å². The Morgan fingerprint density at radius 2 is 2.09 bits per heavy atom. The van der Waals surface area contributed by atoms with Gasteiger partial charge in [0, 0.05) is 31.1 Å². The highest BCUT2D eigenvalue weighted by molar-refractivity contribution is 14.0. The average molecular weight is 573 g/mol. The van der Waals surface area contributed by atoms with E-state index in [0.717, 1.165) is 36.9 Å². The highest BCUT2D eigenvalue weighted by atomic mass is 127. The molecule has 2 atom stereocenters. The molecule has 2 unspecified atom stereocenters. The van der Waals surface area contributed by atoms with Crippen LogP contribution in [0.3, 0.4) is 0 Å². The van der Waals surface area contributed by atoms with Gasteiger partial charge in [0.15, 0.2) is 5.96 Å². The second-order valence-corrected chi connectivity index (χ2v) is 8.89. The summed E-state index contributed by atoms with van der Waals surface area (Å²) in [5, 5.41) is 9.17. The topological polar surface area (TPSA) is 58.1 Å². The van der Waals surface area contributed by atoms with Gasteiger partial charge in [-0.2, -0.15) is 0 Å². The van der Waals surface area contributed by atoms with Gasteiger partial charge in [0.1, 0.15) is 12.4 Å². The first-order valence-electron chi connectivity index (χ1n) is 11.2. The summed E-state index contributed by atoms with van der Waals surface area (Å²) in [6.45, 7) is 6.76. The molecule has 2 aromatic rings. The quantitative estimate of drug-likeness (QED) is 0.190. The number of hydrogen-bond acceptors (Lipinski definition) is 5. The summed E-state index contributed by atoms with van der Waals surface area (Å²) in [6.07, 6.45) is 2.48. The largest absolute Gasteiger partial charge is 0.491 e. The number of benzene rings is 1. The molecule has 32 heavy (non-hydrogen) atoms. The van der Waals surface area contributed by atoms with E-state index in [2.05, 4.69) is 53.1 Å². The summed E-state index contributed by atoms with van der Waals surface area (Å²) in [6, 6.07) is 13.0. The number of aliphatic imine (C=N–C) groups is 1. The van der Waals surface area contributed by atoms with Crippen LogP contribution >= 0.6 is 35.3 Å². The lowest BCUT2D eigenvalue weighted by Gasteiger charge is -2.39. The first-order valence-corrected chi connectivity index (χ1v) is 12.1. The molecule has 1 aromatic heterocycles. The minimum Gasteiger partial charge on any atom is -0.491 e. The molecule has 0 bridgehead atoms. The highest BCUT2D eigenvalue weighted by Crippen LogP contribution is 2.36. The normalized spacial score (nSPS) is 19.3. The lowest BCUT2D eigenvalue weighted by Crippen LogP contribution is -2.44. The van der Waals surface area contributed by atoms with Crippen LogP contribution in [0.15, 0.2) is 46.8 Å². The van der Waals surface area contributed by atoms with Crippen molar-refractivity contribution in [1.29, 1.82) is 0 Å². The summed E-state index contributed by atoms with van der Waals surface area (Å²) >= 11 is 1.86. The Bertz CT molecular complexity index is 803. The predicted molar refractivity (Wildman–Crippen MR) is 144 cm³/mol. The van der Waals surface area contributed by atoms with Crippen molar-refractivity contribution < 1.29 is 9.47 Å². The van der Waals surface area contributed by atoms with Crippen LogP contribution in [0.4, 0.5) is 0 Å². The number of thiophene rings is 1. The monoisotopic (exact) mass is 572 g/mol. The summed E-state index contributed by atoms with van der Waals surface area (Å²) in [5.41, 5.74) is 1.13. The molecule has 2 heterocycles. The fraction of sp³-hybridized carbons (Fsp3) is 0.542. The van der Waals surface area contributed by atoms with Gasteiger partial charge in [-0.1, -0.05) is 18.2 Å². The maximum absolute atomic E-state index is 5.72. The minimum absolute atomic E-state index is 0. The van der Waals surface area contributed by atoms with E-state index in [9.17, 15) is 0 Å². The number of likely N-dealkylation sites (tertiary alicyclic amines) is 1. The predicted octanol–water partition coefficient (Wildman–Crippen LogP) is 4.53. The van der Waals surface area contributed by atoms with Gasteiger partial charge in [0.25, 0.3) is 0 Å². The highest BCUT2D eigenvalue weighted by Gasteiger charge is 2.31. The molecule has 1 saturated heterocycles. The molecule has 0 radical (unpaired) electrons. The summed E-state index contributed by atoms with van der Waals surface area (Å²) in [4.78, 5) is 8.78. The molecule has 0 spiro atoms. The first kappa shape index (κ1) is 26.9. The van der Waals surface area contributed by atoms with E-state index in [-0.39, 0.29) is 24.0 Å². The van der Waals surface area contributed by atoms with Crippen LogP contribution < -0.4 is 15.4 Å². The van der Waals surface area contributed by atoms with Gasteiger partial charge in [-0.05, 0) is 68.4 Å². The molecule has 1 aromatic carbocycles. The molecule has 3 rings (SSSR count). The molecule has 178 valence electrons. The van der Waals surface area contributed by atoms with E-state index in [0.29, 0.717) is 31.7 Å². The van der Waals surface area contributed by atoms with Crippen molar-refractivity contribution >= 4 is 41.3 Å². The van der Waals surface area contributed by atoms with Crippen LogP contribution in [0.5, 0.6) is 5.75 Å². The number of methoxy groups -OCH3 is 1. The van der Waals surface area contributed by atoms with Crippen molar-refractivity contribution in [2.75, 3.05) is 47.0 Å². The lowest BCUT2D eigenvalue weighted by atomic mass is 9.88. The van der Waals surface area contributed by atoms with Crippen LogP contribution in [0.25, 0.3) is 0 Å². The zero-order chi connectivity index (χ0) is 21.9. The van der Waals surface area contributed by atoms with Crippen molar-refractivity contribution in [1.82, 2.24) is 15.5 Å². The number of ether oxygens (including phenoxy) is 2. The number of piperidine rings is 1. The van der Waals surface area contributed by atoms with Gasteiger partial charge < -0.3 is 20.1 Å². The molecular weight excluding hydrogens is 535 g/mol. The van der Waals surface area contributed by atoms with Crippen molar-refractivity contribution in [2.24, 2.45) is 10.9 Å². The average Bonchev–Trinajstić information content (AvgIpc) is 3.30. The minimum atomic E-state index is 0. The molecule has 0 saturated carbocycles. The number of nitrogens with zero attached hydrogens (tertiary/aromatic N) is 2. The SMILES string of the molecule is CCNC(=NCc1cccc(OCCOC)c1)NCC1CCCN(C)C1c1cccs1.I. The molecule has 1 aliphatic heterocycles. The van der Waals surface area contributed by atoms with Crippen molar-refractivity contribution in [3.8, 4) is 5.75 Å². The first-order chi connectivity index (χ1) is 15.2. The van der Waals surface area contributed by atoms with E-state index >= 15 is 0 Å². The standard InChI is InChI=1S/C24H36N4O2S.HI/c1-4-25-24(26-17-19-8-5-10-21(16-19)30-14-13-29-3)27-18-20-9-6-12-28(2)23(20)22-11-7-15-31-22;/h5,7-8,10-11,15-16,20,23H,4,6,9,12-14,17-18H2,1-3H3,(H2,25,26,27);1H. The van der Waals surface area contributed by atoms with Crippen molar-refractivity contribution in [3.63, 3.8) is 0 Å². The van der Waals surface area contributed by atoms with Crippen LogP contribution in [-0.2, 0) is 11.3 Å². The van der Waals surface area contributed by atoms with Crippen LogP contribution in [0.1, 0.15) is 36.2 Å². The third-order valence-corrected chi connectivity index (χ3v) is 6.54. The molecule has 8 heteroatoms. The second kappa shape index (κ2) is 14.7. The van der Waals surface area contributed by atoms with Crippen molar-refractivity contribution in [2.45, 2.75) is 32.4 Å². The Hall–Kier alpha value is -1.36. The Labute approximate surface area is 213 Å². The fourth-order valence-electron chi connectivity index (χ4n) is 4.10. The Balaban J connectivity index is 0.00000363. The van der Waals surface area contributed by atoms with Gasteiger partial charge in [0.05, 0.1) is 13.2 Å². The molecule has 1 fully saturated rings. The molecule has 1 aliphatic rings. The number of nitrogens with one attached hydrogen (secondary N) is 2. The Morgan fingerprint density at radius 1 is 1.22 bits per heavy atom. The third kappa shape index (κ3) is 8.20. The van der Waals surface area contributed by atoms with Gasteiger partial charge >= 0.3 is 0 Å². The summed E-state index contributed by atoms with van der Waals surface area (Å²) < 4.78 is 10.8. The van der Waals surface area contributed by atoms with Gasteiger partial charge in [-0.3, -0.25) is 4.90 Å². The van der Waals surface area contributed by atoms with E-state index in [4.69, 9.17) is 14.5 Å². The summed E-state index contributed by atoms with van der Waals surface area (Å²) in [7, 11) is 3.93. The zero-order valence-corrected chi connectivity index (χ0v) is 22.5. The maximum atomic E-state index is 5.72. The number of halogens is 1. The molecule has 0 aliphatic carbocycles. The molecule has 2 N–H and O–H groups in total. The van der Waals surface area contributed by atoms with Crippen LogP contribution in [0, 0.1) is 5.92 Å².